The van der Waals surface area contributed by atoms with Crippen LogP contribution in [0.4, 0.5) is 10.5 Å². The molecule has 0 spiro atoms. The molecule has 2 fully saturated rings. The molecule has 5 nitrogen and oxygen atoms in total. The minimum absolute atomic E-state index is 0.111. The molecule has 2 bridgehead atoms. The number of nitrogens with one attached hydrogen (secondary N) is 3. The number of fused-ring (bicyclic) bond motifs is 2. The number of piperidine rings is 1. The Morgan fingerprint density at radius 2 is 1.71 bits per heavy atom. The molecular formula is C23H30N3O2+. The van der Waals surface area contributed by atoms with E-state index >= 15 is 0 Å². The Balaban J connectivity index is 1.29. The quantitative estimate of drug-likeness (QED) is 0.722. The van der Waals surface area contributed by atoms with Crippen LogP contribution in [0.15, 0.2) is 54.6 Å². The molecule has 2 amide bonds. The summed E-state index contributed by atoms with van der Waals surface area (Å²) in [6, 6.07) is 19.7. The van der Waals surface area contributed by atoms with Crippen LogP contribution in [0.5, 0.6) is 5.75 Å². The fourth-order valence-corrected chi connectivity index (χ4v) is 4.82. The van der Waals surface area contributed by atoms with Crippen molar-refractivity contribution in [1.82, 2.24) is 5.32 Å². The van der Waals surface area contributed by atoms with Gasteiger partial charge in [-0.05, 0) is 31.2 Å². The zero-order chi connectivity index (χ0) is 19.3. The van der Waals surface area contributed by atoms with E-state index in [0.29, 0.717) is 18.7 Å². The number of anilines is 1. The van der Waals surface area contributed by atoms with Crippen molar-refractivity contribution >= 4 is 11.7 Å². The van der Waals surface area contributed by atoms with Crippen LogP contribution in [-0.2, 0) is 6.54 Å². The van der Waals surface area contributed by atoms with Gasteiger partial charge in [0.15, 0.2) is 0 Å². The largest absolute Gasteiger partial charge is 0.494 e. The maximum atomic E-state index is 12.4. The van der Waals surface area contributed by atoms with E-state index in [-0.39, 0.29) is 12.1 Å². The van der Waals surface area contributed by atoms with Crippen LogP contribution >= 0.6 is 0 Å². The summed E-state index contributed by atoms with van der Waals surface area (Å²) in [5.74, 6) is 0.818. The van der Waals surface area contributed by atoms with Crippen LogP contribution in [0.3, 0.4) is 0 Å². The van der Waals surface area contributed by atoms with E-state index in [1.54, 1.807) is 4.90 Å². The van der Waals surface area contributed by atoms with Crippen molar-refractivity contribution in [3.8, 4) is 5.75 Å². The Kier molecular flexibility index (Phi) is 5.81. The summed E-state index contributed by atoms with van der Waals surface area (Å²) >= 11 is 0. The van der Waals surface area contributed by atoms with Crippen LogP contribution in [0, 0.1) is 0 Å². The third kappa shape index (κ3) is 4.47. The number of benzene rings is 2. The van der Waals surface area contributed by atoms with Gasteiger partial charge < -0.3 is 20.3 Å². The fourth-order valence-electron chi connectivity index (χ4n) is 4.82. The lowest BCUT2D eigenvalue weighted by Crippen LogP contribution is -3.17. The maximum absolute atomic E-state index is 12.4. The minimum atomic E-state index is -0.111. The summed E-state index contributed by atoms with van der Waals surface area (Å²) in [6.07, 6.45) is 4.67. The topological polar surface area (TPSA) is 54.8 Å². The predicted molar refractivity (Wildman–Crippen MR) is 111 cm³/mol. The number of quaternary nitrogens is 1. The highest BCUT2D eigenvalue weighted by Crippen LogP contribution is 2.24. The lowest BCUT2D eigenvalue weighted by atomic mass is 9.96. The normalized spacial score (nSPS) is 25.9. The van der Waals surface area contributed by atoms with Crippen LogP contribution in [-0.4, -0.2) is 30.8 Å². The van der Waals surface area contributed by atoms with Crippen LogP contribution in [0.1, 0.15) is 38.2 Å². The molecule has 2 aromatic carbocycles. The molecule has 2 aliphatic rings. The van der Waals surface area contributed by atoms with Gasteiger partial charge in [-0.15, -0.1) is 0 Å². The van der Waals surface area contributed by atoms with Gasteiger partial charge in [-0.3, -0.25) is 0 Å². The van der Waals surface area contributed by atoms with Gasteiger partial charge in [-0.2, -0.15) is 0 Å². The Bertz CT molecular complexity index is 764. The van der Waals surface area contributed by atoms with E-state index in [1.165, 1.54) is 18.4 Å². The highest BCUT2D eigenvalue weighted by molar-refractivity contribution is 5.89. The van der Waals surface area contributed by atoms with Crippen LogP contribution < -0.4 is 20.3 Å². The average molecular weight is 381 g/mol. The van der Waals surface area contributed by atoms with Gasteiger partial charge in [0.2, 0.25) is 0 Å². The Labute approximate surface area is 167 Å². The Hall–Kier alpha value is -2.53. The van der Waals surface area contributed by atoms with Crippen molar-refractivity contribution in [2.45, 2.75) is 57.3 Å². The van der Waals surface area contributed by atoms with Crippen molar-refractivity contribution in [2.75, 3.05) is 11.9 Å². The Morgan fingerprint density at radius 3 is 2.36 bits per heavy atom. The molecule has 2 saturated heterocycles. The first kappa shape index (κ1) is 18.8. The number of urea groups is 1. The lowest BCUT2D eigenvalue weighted by molar-refractivity contribution is -0.954. The molecule has 0 saturated carbocycles. The number of hydrogen-bond donors (Lipinski definition) is 3. The molecule has 2 aromatic rings. The van der Waals surface area contributed by atoms with Crippen molar-refractivity contribution in [2.24, 2.45) is 0 Å². The molecule has 2 heterocycles. The third-order valence-electron chi connectivity index (χ3n) is 6.06. The van der Waals surface area contributed by atoms with E-state index in [1.807, 2.05) is 31.2 Å². The van der Waals surface area contributed by atoms with Crippen LogP contribution in [0.25, 0.3) is 0 Å². The highest BCUT2D eigenvalue weighted by Gasteiger charge is 2.44. The second-order valence-corrected chi connectivity index (χ2v) is 7.93. The van der Waals surface area contributed by atoms with E-state index in [2.05, 4.69) is 41.0 Å². The molecule has 28 heavy (non-hydrogen) atoms. The van der Waals surface area contributed by atoms with Gasteiger partial charge >= 0.3 is 6.03 Å². The number of carbonyl (C=O) groups excluding carboxylic acids is 1. The summed E-state index contributed by atoms with van der Waals surface area (Å²) in [5.41, 5.74) is 2.20. The highest BCUT2D eigenvalue weighted by atomic mass is 16.5. The van der Waals surface area contributed by atoms with Gasteiger partial charge in [0.25, 0.3) is 0 Å². The maximum Gasteiger partial charge on any atom is 0.319 e. The number of hydrogen-bond acceptors (Lipinski definition) is 2. The Morgan fingerprint density at radius 1 is 1.04 bits per heavy atom. The van der Waals surface area contributed by atoms with Crippen molar-refractivity contribution in [1.29, 1.82) is 0 Å². The summed E-state index contributed by atoms with van der Waals surface area (Å²) in [5, 5.41) is 6.14. The van der Waals surface area contributed by atoms with Gasteiger partial charge in [-0.1, -0.05) is 30.3 Å². The SMILES string of the molecule is CCOc1ccc(NC(=O)NC2C[C@H]3CC[C@@H](C2)[NH+]3Cc2ccccc2)cc1. The lowest BCUT2D eigenvalue weighted by Gasteiger charge is -2.36. The average Bonchev–Trinajstić information content (AvgIpc) is 2.93. The van der Waals surface area contributed by atoms with Gasteiger partial charge in [-0.25, -0.2) is 4.79 Å². The molecule has 0 aromatic heterocycles. The molecule has 4 atom stereocenters. The van der Waals surface area contributed by atoms with Crippen molar-refractivity contribution in [3.63, 3.8) is 0 Å². The third-order valence-corrected chi connectivity index (χ3v) is 6.06. The standard InChI is InChI=1S/C23H29N3O2/c1-2-28-22-12-8-18(9-13-22)24-23(27)25-19-14-20-10-11-21(15-19)26(20)16-17-6-4-3-5-7-17/h3-9,12-13,19-21H,2,10-11,14-16H2,1H3,(H2,24,25,27)/p+1/t19?,20-,21+. The van der Waals surface area contributed by atoms with E-state index in [4.69, 9.17) is 4.74 Å². The number of carbonyl (C=O) groups is 1. The summed E-state index contributed by atoms with van der Waals surface area (Å²) in [7, 11) is 0. The first-order chi connectivity index (χ1) is 13.7. The number of rotatable bonds is 6. The minimum Gasteiger partial charge on any atom is -0.494 e. The summed E-state index contributed by atoms with van der Waals surface area (Å²) in [4.78, 5) is 14.1. The number of amides is 2. The van der Waals surface area contributed by atoms with E-state index in [9.17, 15) is 4.79 Å². The fraction of sp³-hybridized carbons (Fsp3) is 0.435. The predicted octanol–water partition coefficient (Wildman–Crippen LogP) is 2.99. The molecule has 2 aliphatic heterocycles. The summed E-state index contributed by atoms with van der Waals surface area (Å²) in [6.45, 7) is 3.70. The summed E-state index contributed by atoms with van der Waals surface area (Å²) < 4.78 is 5.44. The van der Waals surface area contributed by atoms with Crippen LogP contribution in [0.2, 0.25) is 0 Å². The smallest absolute Gasteiger partial charge is 0.319 e. The van der Waals surface area contributed by atoms with E-state index < -0.39 is 0 Å². The second kappa shape index (κ2) is 8.65. The van der Waals surface area contributed by atoms with Crippen molar-refractivity contribution in [3.05, 3.63) is 60.2 Å². The second-order valence-electron chi connectivity index (χ2n) is 7.93. The zero-order valence-electron chi connectivity index (χ0n) is 16.5. The molecule has 3 N–H and O–H groups in total. The first-order valence-electron chi connectivity index (χ1n) is 10.4. The van der Waals surface area contributed by atoms with E-state index in [0.717, 1.165) is 30.8 Å². The molecule has 148 valence electrons. The van der Waals surface area contributed by atoms with Crippen molar-refractivity contribution < 1.29 is 14.4 Å². The van der Waals surface area contributed by atoms with Gasteiger partial charge in [0.05, 0.1) is 18.7 Å². The zero-order valence-corrected chi connectivity index (χ0v) is 16.5. The first-order valence-corrected chi connectivity index (χ1v) is 10.4. The monoisotopic (exact) mass is 380 g/mol. The van der Waals surface area contributed by atoms with Gasteiger partial charge in [0, 0.05) is 43.0 Å². The molecule has 2 unspecified atom stereocenters. The molecule has 0 radical (unpaired) electrons. The molecular weight excluding hydrogens is 350 g/mol. The van der Waals surface area contributed by atoms with Gasteiger partial charge in [0.1, 0.15) is 12.3 Å². The molecule has 4 rings (SSSR count). The number of ether oxygens (including phenoxy) is 1. The molecule has 5 heteroatoms. The molecule has 0 aliphatic carbocycles.